The molecule has 0 radical (unpaired) electrons. The molecule has 0 saturated heterocycles. The van der Waals surface area contributed by atoms with Gasteiger partial charge in [0.25, 0.3) is 5.91 Å². The van der Waals surface area contributed by atoms with Crippen LogP contribution in [0.5, 0.6) is 0 Å². The second-order valence-electron chi connectivity index (χ2n) is 4.05. The van der Waals surface area contributed by atoms with Gasteiger partial charge in [0.1, 0.15) is 5.58 Å². The van der Waals surface area contributed by atoms with Crippen LogP contribution in [0, 0.1) is 0 Å². The van der Waals surface area contributed by atoms with E-state index in [1.165, 1.54) is 0 Å². The van der Waals surface area contributed by atoms with Crippen LogP contribution >= 0.6 is 27.3 Å². The number of halogens is 1. The van der Waals surface area contributed by atoms with Gasteiger partial charge in [-0.2, -0.15) is 0 Å². The molecular formula is C14H10BrNO2S. The number of fused-ring (bicyclic) bond motifs is 1. The fourth-order valence-corrected chi connectivity index (χ4v) is 2.77. The van der Waals surface area contributed by atoms with Gasteiger partial charge in [-0.1, -0.05) is 22.0 Å². The van der Waals surface area contributed by atoms with Gasteiger partial charge in [0.05, 0.1) is 6.54 Å². The van der Waals surface area contributed by atoms with Crippen molar-refractivity contribution in [1.29, 1.82) is 0 Å². The zero-order valence-electron chi connectivity index (χ0n) is 9.85. The molecule has 0 atom stereocenters. The first-order chi connectivity index (χ1) is 9.22. The van der Waals surface area contributed by atoms with Crippen molar-refractivity contribution in [2.24, 2.45) is 0 Å². The number of benzene rings is 1. The number of hydrogen-bond donors (Lipinski definition) is 1. The first-order valence-electron chi connectivity index (χ1n) is 5.72. The molecule has 19 heavy (non-hydrogen) atoms. The third kappa shape index (κ3) is 2.72. The molecule has 3 rings (SSSR count). The fraction of sp³-hybridized carbons (Fsp3) is 0.0714. The van der Waals surface area contributed by atoms with Crippen LogP contribution in [0.25, 0.3) is 11.0 Å². The highest BCUT2D eigenvalue weighted by Gasteiger charge is 2.12. The first-order valence-corrected chi connectivity index (χ1v) is 7.39. The molecule has 0 aliphatic rings. The Morgan fingerprint density at radius 2 is 2.21 bits per heavy atom. The zero-order chi connectivity index (χ0) is 13.2. The summed E-state index contributed by atoms with van der Waals surface area (Å²) in [4.78, 5) is 13.1. The second kappa shape index (κ2) is 5.19. The largest absolute Gasteiger partial charge is 0.451 e. The van der Waals surface area contributed by atoms with Crippen LogP contribution in [0.4, 0.5) is 0 Å². The van der Waals surface area contributed by atoms with Crippen molar-refractivity contribution in [2.75, 3.05) is 0 Å². The summed E-state index contributed by atoms with van der Waals surface area (Å²) >= 11 is 4.99. The Labute approximate surface area is 122 Å². The summed E-state index contributed by atoms with van der Waals surface area (Å²) < 4.78 is 6.47. The number of carbonyl (C=O) groups is 1. The zero-order valence-corrected chi connectivity index (χ0v) is 12.3. The third-order valence-corrected chi connectivity index (χ3v) is 4.08. The van der Waals surface area contributed by atoms with Gasteiger partial charge >= 0.3 is 0 Å². The maximum absolute atomic E-state index is 12.0. The molecule has 0 aliphatic heterocycles. The fourth-order valence-electron chi connectivity index (χ4n) is 1.78. The Balaban J connectivity index is 1.77. The molecule has 0 saturated carbocycles. The lowest BCUT2D eigenvalue weighted by molar-refractivity contribution is 0.0926. The number of hydrogen-bond acceptors (Lipinski definition) is 3. The smallest absolute Gasteiger partial charge is 0.287 e. The monoisotopic (exact) mass is 335 g/mol. The number of furan rings is 1. The van der Waals surface area contributed by atoms with Gasteiger partial charge in [0.15, 0.2) is 5.76 Å². The van der Waals surface area contributed by atoms with Crippen LogP contribution in [0.2, 0.25) is 0 Å². The van der Waals surface area contributed by atoms with E-state index in [2.05, 4.69) is 21.2 Å². The molecular weight excluding hydrogens is 326 g/mol. The van der Waals surface area contributed by atoms with Crippen molar-refractivity contribution in [3.8, 4) is 0 Å². The van der Waals surface area contributed by atoms with E-state index in [9.17, 15) is 4.79 Å². The van der Waals surface area contributed by atoms with Gasteiger partial charge in [-0.15, -0.1) is 11.3 Å². The molecule has 1 amide bonds. The van der Waals surface area contributed by atoms with Gasteiger partial charge in [-0.25, -0.2) is 0 Å². The van der Waals surface area contributed by atoms with Gasteiger partial charge in [-0.3, -0.25) is 4.79 Å². The average Bonchev–Trinajstić information content (AvgIpc) is 3.04. The van der Waals surface area contributed by atoms with Gasteiger partial charge in [-0.05, 0) is 35.7 Å². The molecule has 2 heterocycles. The molecule has 0 bridgehead atoms. The maximum Gasteiger partial charge on any atom is 0.287 e. The Kier molecular flexibility index (Phi) is 3.40. The van der Waals surface area contributed by atoms with E-state index in [0.29, 0.717) is 17.9 Å². The lowest BCUT2D eigenvalue weighted by Crippen LogP contribution is -2.21. The first kappa shape index (κ1) is 12.4. The molecule has 96 valence electrons. The standard InChI is InChI=1S/C14H10BrNO2S/c15-10-4-3-9-6-13(18-12(9)7-10)14(17)16-8-11-2-1-5-19-11/h1-7H,8H2,(H,16,17). The highest BCUT2D eigenvalue weighted by molar-refractivity contribution is 9.10. The van der Waals surface area contributed by atoms with Crippen molar-refractivity contribution in [3.05, 3.63) is 56.9 Å². The predicted molar refractivity (Wildman–Crippen MR) is 79.4 cm³/mol. The molecule has 0 aliphatic carbocycles. The molecule has 0 spiro atoms. The molecule has 0 fully saturated rings. The quantitative estimate of drug-likeness (QED) is 0.779. The van der Waals surface area contributed by atoms with Crippen molar-refractivity contribution in [3.63, 3.8) is 0 Å². The molecule has 5 heteroatoms. The summed E-state index contributed by atoms with van der Waals surface area (Å²) in [7, 11) is 0. The van der Waals surface area contributed by atoms with E-state index in [0.717, 1.165) is 14.7 Å². The number of rotatable bonds is 3. The normalized spacial score (nSPS) is 10.8. The minimum Gasteiger partial charge on any atom is -0.451 e. The highest BCUT2D eigenvalue weighted by Crippen LogP contribution is 2.23. The van der Waals surface area contributed by atoms with E-state index in [4.69, 9.17) is 4.42 Å². The number of carbonyl (C=O) groups excluding carboxylic acids is 1. The van der Waals surface area contributed by atoms with Crippen molar-refractivity contribution >= 4 is 44.1 Å². The predicted octanol–water partition coefficient (Wildman–Crippen LogP) is 4.19. The molecule has 0 unspecified atom stereocenters. The topological polar surface area (TPSA) is 42.2 Å². The number of nitrogens with one attached hydrogen (secondary N) is 1. The lowest BCUT2D eigenvalue weighted by Gasteiger charge is -1.99. The van der Waals surface area contributed by atoms with Crippen LogP contribution in [-0.4, -0.2) is 5.91 Å². The summed E-state index contributed by atoms with van der Waals surface area (Å²) in [5.41, 5.74) is 0.704. The summed E-state index contributed by atoms with van der Waals surface area (Å²) in [6, 6.07) is 11.4. The Bertz CT molecular complexity index is 718. The van der Waals surface area contributed by atoms with Crippen molar-refractivity contribution < 1.29 is 9.21 Å². The molecule has 1 N–H and O–H groups in total. The summed E-state index contributed by atoms with van der Waals surface area (Å²) in [5, 5.41) is 5.75. The average molecular weight is 336 g/mol. The third-order valence-electron chi connectivity index (χ3n) is 2.71. The second-order valence-corrected chi connectivity index (χ2v) is 6.00. The SMILES string of the molecule is O=C(NCc1cccs1)c1cc2ccc(Br)cc2o1. The van der Waals surface area contributed by atoms with E-state index in [1.54, 1.807) is 17.4 Å². The number of amides is 1. The molecule has 3 aromatic rings. The van der Waals surface area contributed by atoms with Gasteiger partial charge in [0.2, 0.25) is 0 Å². The van der Waals surface area contributed by atoms with Crippen LogP contribution in [0.15, 0.2) is 50.7 Å². The van der Waals surface area contributed by atoms with E-state index in [1.807, 2.05) is 35.7 Å². The Morgan fingerprint density at radius 3 is 3.00 bits per heavy atom. The maximum atomic E-state index is 12.0. The highest BCUT2D eigenvalue weighted by atomic mass is 79.9. The van der Waals surface area contributed by atoms with Crippen molar-refractivity contribution in [1.82, 2.24) is 5.32 Å². The number of thiophene rings is 1. The minimum absolute atomic E-state index is 0.194. The van der Waals surface area contributed by atoms with Crippen molar-refractivity contribution in [2.45, 2.75) is 6.54 Å². The van der Waals surface area contributed by atoms with Gasteiger partial charge < -0.3 is 9.73 Å². The van der Waals surface area contributed by atoms with Crippen LogP contribution < -0.4 is 5.32 Å². The molecule has 3 nitrogen and oxygen atoms in total. The van der Waals surface area contributed by atoms with E-state index >= 15 is 0 Å². The Morgan fingerprint density at radius 1 is 1.32 bits per heavy atom. The summed E-state index contributed by atoms with van der Waals surface area (Å²) in [5.74, 6) is 0.144. The summed E-state index contributed by atoms with van der Waals surface area (Å²) in [6.45, 7) is 0.525. The van der Waals surface area contributed by atoms with Crippen LogP contribution in [0.3, 0.4) is 0 Å². The summed E-state index contributed by atoms with van der Waals surface area (Å²) in [6.07, 6.45) is 0. The molecule has 2 aromatic heterocycles. The van der Waals surface area contributed by atoms with Crippen LogP contribution in [-0.2, 0) is 6.54 Å². The van der Waals surface area contributed by atoms with E-state index < -0.39 is 0 Å². The van der Waals surface area contributed by atoms with Gasteiger partial charge in [0, 0.05) is 14.7 Å². The minimum atomic E-state index is -0.194. The van der Waals surface area contributed by atoms with E-state index in [-0.39, 0.29) is 5.91 Å². The Hall–Kier alpha value is -1.59. The molecule has 1 aromatic carbocycles. The van der Waals surface area contributed by atoms with Crippen LogP contribution in [0.1, 0.15) is 15.4 Å². The lowest BCUT2D eigenvalue weighted by atomic mass is 10.2.